The van der Waals surface area contributed by atoms with Gasteiger partial charge in [-0.1, -0.05) is 42.0 Å². The van der Waals surface area contributed by atoms with E-state index in [2.05, 4.69) is 15.8 Å². The molecule has 6 heteroatoms. The van der Waals surface area contributed by atoms with Crippen LogP contribution in [0.1, 0.15) is 5.56 Å². The largest absolute Gasteiger partial charge is 0.333 e. The van der Waals surface area contributed by atoms with Gasteiger partial charge in [-0.05, 0) is 31.3 Å². The van der Waals surface area contributed by atoms with Gasteiger partial charge in [0.2, 0.25) is 0 Å². The lowest BCUT2D eigenvalue weighted by Gasteiger charge is -2.20. The maximum Gasteiger partial charge on any atom is 0.271 e. The summed E-state index contributed by atoms with van der Waals surface area (Å²) in [5, 5.41) is 7.64. The van der Waals surface area contributed by atoms with Crippen molar-refractivity contribution >= 4 is 34.6 Å². The molecule has 1 aromatic rings. The van der Waals surface area contributed by atoms with Gasteiger partial charge in [-0.25, -0.2) is 0 Å². The van der Waals surface area contributed by atoms with Gasteiger partial charge in [0.25, 0.3) is 5.91 Å². The molecule has 1 aliphatic heterocycles. The Bertz CT molecular complexity index is 721. The van der Waals surface area contributed by atoms with Crippen LogP contribution in [0.25, 0.3) is 0 Å². The number of nitrogens with one attached hydrogen (secondary N) is 2. The summed E-state index contributed by atoms with van der Waals surface area (Å²) >= 11 is 5.23. The molecule has 23 heavy (non-hydrogen) atoms. The van der Waals surface area contributed by atoms with Gasteiger partial charge >= 0.3 is 0 Å². The SMILES string of the molecule is Cc1ccc(NC(=S)N/N=C2\C(=O)N(C)C3C=CC=CC23)cc1. The zero-order chi connectivity index (χ0) is 16.4. The molecule has 3 rings (SSSR count). The fraction of sp³-hybridized carbons (Fsp3) is 0.235. The molecule has 1 amide bonds. The van der Waals surface area contributed by atoms with Gasteiger partial charge in [0.1, 0.15) is 5.71 Å². The second kappa shape index (κ2) is 6.34. The number of anilines is 1. The van der Waals surface area contributed by atoms with Crippen LogP contribution >= 0.6 is 12.2 Å². The van der Waals surface area contributed by atoms with Gasteiger partial charge < -0.3 is 10.2 Å². The van der Waals surface area contributed by atoms with Gasteiger partial charge in [0.05, 0.1) is 12.0 Å². The van der Waals surface area contributed by atoms with Crippen LogP contribution in [0.15, 0.2) is 53.7 Å². The van der Waals surface area contributed by atoms with E-state index in [1.807, 2.05) is 55.5 Å². The summed E-state index contributed by atoms with van der Waals surface area (Å²) in [4.78, 5) is 14.0. The Balaban J connectivity index is 1.68. The van der Waals surface area contributed by atoms with Crippen molar-refractivity contribution in [1.82, 2.24) is 10.3 Å². The van der Waals surface area contributed by atoms with Crippen molar-refractivity contribution in [1.29, 1.82) is 0 Å². The first kappa shape index (κ1) is 15.4. The molecule has 0 radical (unpaired) electrons. The maximum atomic E-state index is 12.3. The number of allylic oxidation sites excluding steroid dienone is 2. The third-order valence-corrected chi connectivity index (χ3v) is 4.19. The molecular weight excluding hydrogens is 308 g/mol. The molecule has 1 fully saturated rings. The van der Waals surface area contributed by atoms with Crippen LogP contribution in [0.3, 0.4) is 0 Å². The molecule has 2 unspecified atom stereocenters. The van der Waals surface area contributed by atoms with E-state index in [1.165, 1.54) is 5.56 Å². The van der Waals surface area contributed by atoms with Crippen LogP contribution < -0.4 is 10.7 Å². The van der Waals surface area contributed by atoms with Crippen molar-refractivity contribution in [2.45, 2.75) is 13.0 Å². The molecule has 2 atom stereocenters. The van der Waals surface area contributed by atoms with Crippen LogP contribution in [0.4, 0.5) is 5.69 Å². The van der Waals surface area contributed by atoms with Gasteiger partial charge in [-0.15, -0.1) is 0 Å². The second-order valence-corrected chi connectivity index (χ2v) is 6.04. The van der Waals surface area contributed by atoms with Crippen molar-refractivity contribution in [2.75, 3.05) is 12.4 Å². The van der Waals surface area contributed by atoms with Gasteiger partial charge in [-0.2, -0.15) is 5.10 Å². The molecule has 2 N–H and O–H groups in total. The molecule has 1 aromatic carbocycles. The number of carbonyl (C=O) groups excluding carboxylic acids is 1. The Morgan fingerprint density at radius 1 is 1.22 bits per heavy atom. The quantitative estimate of drug-likeness (QED) is 0.646. The van der Waals surface area contributed by atoms with Gasteiger partial charge in [-0.3, -0.25) is 10.2 Å². The summed E-state index contributed by atoms with van der Waals surface area (Å²) in [6.45, 7) is 2.02. The average molecular weight is 326 g/mol. The number of hydrazone groups is 1. The lowest BCUT2D eigenvalue weighted by molar-refractivity contribution is -0.122. The third-order valence-electron chi connectivity index (χ3n) is 4.00. The Kier molecular flexibility index (Phi) is 4.25. The van der Waals surface area contributed by atoms with E-state index in [9.17, 15) is 4.79 Å². The monoisotopic (exact) mass is 326 g/mol. The highest BCUT2D eigenvalue weighted by Gasteiger charge is 2.41. The number of amides is 1. The Morgan fingerprint density at radius 3 is 2.65 bits per heavy atom. The summed E-state index contributed by atoms with van der Waals surface area (Å²) in [6, 6.07) is 7.91. The van der Waals surface area contributed by atoms with E-state index in [4.69, 9.17) is 12.2 Å². The van der Waals surface area contributed by atoms with Crippen LogP contribution in [-0.2, 0) is 4.79 Å². The summed E-state index contributed by atoms with van der Waals surface area (Å²) in [5.74, 6) is -0.117. The zero-order valence-electron chi connectivity index (χ0n) is 13.0. The summed E-state index contributed by atoms with van der Waals surface area (Å²) in [5.41, 5.74) is 5.31. The highest BCUT2D eigenvalue weighted by Crippen LogP contribution is 2.26. The first-order valence-electron chi connectivity index (χ1n) is 7.39. The Morgan fingerprint density at radius 2 is 1.91 bits per heavy atom. The lowest BCUT2D eigenvalue weighted by Crippen LogP contribution is -2.30. The van der Waals surface area contributed by atoms with E-state index in [1.54, 1.807) is 11.9 Å². The van der Waals surface area contributed by atoms with Crippen molar-refractivity contribution in [2.24, 2.45) is 11.0 Å². The van der Waals surface area contributed by atoms with Crippen LogP contribution in [0.2, 0.25) is 0 Å². The second-order valence-electron chi connectivity index (χ2n) is 5.63. The molecule has 0 aromatic heterocycles. The van der Waals surface area contributed by atoms with E-state index < -0.39 is 0 Å². The highest BCUT2D eigenvalue weighted by molar-refractivity contribution is 7.80. The topological polar surface area (TPSA) is 56.7 Å². The molecule has 0 spiro atoms. The Labute approximate surface area is 140 Å². The number of hydrogen-bond acceptors (Lipinski definition) is 3. The minimum absolute atomic E-state index is 0.0340. The van der Waals surface area contributed by atoms with Gasteiger partial charge in [0, 0.05) is 12.7 Å². The average Bonchev–Trinajstić information content (AvgIpc) is 2.80. The van der Waals surface area contributed by atoms with Crippen LogP contribution in [-0.4, -0.2) is 34.7 Å². The normalized spacial score (nSPS) is 24.0. The minimum Gasteiger partial charge on any atom is -0.333 e. The van der Waals surface area contributed by atoms with E-state index in [-0.39, 0.29) is 17.9 Å². The molecule has 0 saturated carbocycles. The molecule has 1 heterocycles. The number of benzene rings is 1. The smallest absolute Gasteiger partial charge is 0.271 e. The first-order valence-corrected chi connectivity index (χ1v) is 7.80. The van der Waals surface area contributed by atoms with E-state index >= 15 is 0 Å². The first-order chi connectivity index (χ1) is 11.1. The molecule has 0 bridgehead atoms. The molecule has 118 valence electrons. The van der Waals surface area contributed by atoms with Crippen molar-refractivity contribution in [3.8, 4) is 0 Å². The predicted molar refractivity (Wildman–Crippen MR) is 96.3 cm³/mol. The van der Waals surface area contributed by atoms with Gasteiger partial charge in [0.15, 0.2) is 5.11 Å². The third kappa shape index (κ3) is 3.17. The number of likely N-dealkylation sites (tertiary alicyclic amines) is 1. The summed E-state index contributed by atoms with van der Waals surface area (Å²) in [7, 11) is 1.79. The number of fused-ring (bicyclic) bond motifs is 1. The zero-order valence-corrected chi connectivity index (χ0v) is 13.8. The van der Waals surface area contributed by atoms with E-state index in [0.29, 0.717) is 10.8 Å². The number of aryl methyl sites for hydroxylation is 1. The minimum atomic E-state index is -0.0816. The molecular formula is C17H18N4OS. The van der Waals surface area contributed by atoms with Crippen molar-refractivity contribution < 1.29 is 4.79 Å². The molecule has 1 aliphatic carbocycles. The summed E-state index contributed by atoms with van der Waals surface area (Å²) in [6.07, 6.45) is 7.88. The molecule has 5 nitrogen and oxygen atoms in total. The van der Waals surface area contributed by atoms with Crippen molar-refractivity contribution in [3.05, 3.63) is 54.1 Å². The van der Waals surface area contributed by atoms with Crippen molar-refractivity contribution in [3.63, 3.8) is 0 Å². The van der Waals surface area contributed by atoms with E-state index in [0.717, 1.165) is 5.69 Å². The van der Waals surface area contributed by atoms with Crippen LogP contribution in [0, 0.1) is 12.8 Å². The number of likely N-dealkylation sites (N-methyl/N-ethyl adjacent to an activating group) is 1. The lowest BCUT2D eigenvalue weighted by atomic mass is 9.94. The number of hydrogen-bond donors (Lipinski definition) is 2. The number of thiocarbonyl (C=S) groups is 1. The number of carbonyl (C=O) groups is 1. The molecule has 2 aliphatic rings. The predicted octanol–water partition coefficient (Wildman–Crippen LogP) is 2.22. The number of nitrogens with zero attached hydrogens (tertiary/aromatic N) is 2. The fourth-order valence-electron chi connectivity index (χ4n) is 2.71. The van der Waals surface area contributed by atoms with Crippen LogP contribution in [0.5, 0.6) is 0 Å². The standard InChI is InChI=1S/C17H18N4OS/c1-11-7-9-12(10-8-11)18-17(23)20-19-15-13-5-3-4-6-14(13)21(2)16(15)22/h3-10,13-14H,1-2H3,(H2,18,20,23)/b19-15-. The maximum absolute atomic E-state index is 12.3. The number of rotatable bonds is 2. The highest BCUT2D eigenvalue weighted by atomic mass is 32.1. The molecule has 1 saturated heterocycles. The Hall–Kier alpha value is -2.47. The summed E-state index contributed by atoms with van der Waals surface area (Å²) < 4.78 is 0. The fourth-order valence-corrected chi connectivity index (χ4v) is 2.87.